The molecule has 1 fully saturated rings. The van der Waals surface area contributed by atoms with Crippen LogP contribution in [0.5, 0.6) is 0 Å². The fourth-order valence-corrected chi connectivity index (χ4v) is 5.22. The van der Waals surface area contributed by atoms with Crippen LogP contribution >= 0.6 is 11.8 Å². The molecule has 0 aliphatic carbocycles. The summed E-state index contributed by atoms with van der Waals surface area (Å²) in [6.45, 7) is 6.19. The van der Waals surface area contributed by atoms with Crippen LogP contribution in [0, 0.1) is 5.92 Å². The molecule has 0 radical (unpaired) electrons. The lowest BCUT2D eigenvalue weighted by molar-refractivity contribution is -0.137. The third-order valence-electron chi connectivity index (χ3n) is 6.10. The Labute approximate surface area is 183 Å². The highest BCUT2D eigenvalue weighted by Crippen LogP contribution is 2.34. The first-order valence-electron chi connectivity index (χ1n) is 11.1. The second-order valence-corrected chi connectivity index (χ2v) is 9.18. The molecule has 1 N–H and O–H groups in total. The topological polar surface area (TPSA) is 69.7 Å². The summed E-state index contributed by atoms with van der Waals surface area (Å²) in [5.74, 6) is 1.16. The van der Waals surface area contributed by atoms with Gasteiger partial charge in [-0.3, -0.25) is 14.4 Å². The Kier molecular flexibility index (Phi) is 8.19. The van der Waals surface area contributed by atoms with Gasteiger partial charge in [0.05, 0.1) is 5.69 Å². The van der Waals surface area contributed by atoms with E-state index < -0.39 is 0 Å². The third-order valence-corrected chi connectivity index (χ3v) is 7.14. The van der Waals surface area contributed by atoms with Crippen molar-refractivity contribution in [3.63, 3.8) is 0 Å². The van der Waals surface area contributed by atoms with Crippen molar-refractivity contribution in [2.75, 3.05) is 30.3 Å². The number of nitrogens with zero attached hydrogens (tertiary/aromatic N) is 2. The maximum Gasteiger partial charge on any atom is 0.227 e. The van der Waals surface area contributed by atoms with Crippen LogP contribution < -0.4 is 10.2 Å². The molecule has 7 heteroatoms. The molecule has 2 aliphatic heterocycles. The van der Waals surface area contributed by atoms with Crippen molar-refractivity contribution >= 4 is 35.2 Å². The van der Waals surface area contributed by atoms with Crippen LogP contribution in [0.3, 0.4) is 0 Å². The number of carbonyl (C=O) groups is 3. The van der Waals surface area contributed by atoms with Gasteiger partial charge in [0.25, 0.3) is 0 Å². The van der Waals surface area contributed by atoms with Crippen molar-refractivity contribution in [1.29, 1.82) is 0 Å². The minimum absolute atomic E-state index is 0.00323. The van der Waals surface area contributed by atoms with Crippen LogP contribution in [0.25, 0.3) is 0 Å². The summed E-state index contributed by atoms with van der Waals surface area (Å²) in [4.78, 5) is 42.5. The van der Waals surface area contributed by atoms with E-state index in [9.17, 15) is 14.4 Å². The van der Waals surface area contributed by atoms with E-state index in [2.05, 4.69) is 19.2 Å². The van der Waals surface area contributed by atoms with Crippen molar-refractivity contribution in [1.82, 2.24) is 10.2 Å². The molecule has 0 saturated carbocycles. The first-order chi connectivity index (χ1) is 14.5. The predicted octanol–water partition coefficient (Wildman–Crippen LogP) is 3.45. The van der Waals surface area contributed by atoms with E-state index in [4.69, 9.17) is 0 Å². The maximum absolute atomic E-state index is 12.7. The van der Waals surface area contributed by atoms with Crippen molar-refractivity contribution < 1.29 is 14.4 Å². The highest BCUT2D eigenvalue weighted by molar-refractivity contribution is 7.99. The number of anilines is 1. The molecule has 0 aromatic heterocycles. The Morgan fingerprint density at radius 3 is 2.47 bits per heavy atom. The van der Waals surface area contributed by atoms with Gasteiger partial charge in [-0.15, -0.1) is 11.8 Å². The van der Waals surface area contributed by atoms with Crippen molar-refractivity contribution in [2.24, 2.45) is 5.92 Å². The van der Waals surface area contributed by atoms with Gasteiger partial charge < -0.3 is 15.1 Å². The van der Waals surface area contributed by atoms with Crippen LogP contribution in [0.1, 0.15) is 52.4 Å². The number of nitrogens with one attached hydrogen (secondary N) is 1. The average Bonchev–Trinajstić information content (AvgIpc) is 2.78. The Morgan fingerprint density at radius 1 is 1.07 bits per heavy atom. The number of carbonyl (C=O) groups excluding carboxylic acids is 3. The van der Waals surface area contributed by atoms with Gasteiger partial charge in [-0.1, -0.05) is 26.0 Å². The van der Waals surface area contributed by atoms with Crippen LogP contribution in [0.15, 0.2) is 29.2 Å². The number of para-hydroxylation sites is 1. The number of benzene rings is 1. The average molecular weight is 432 g/mol. The summed E-state index contributed by atoms with van der Waals surface area (Å²) in [6.07, 6.45) is 3.74. The molecule has 1 aromatic rings. The first kappa shape index (κ1) is 22.7. The number of hydrogen-bond donors (Lipinski definition) is 1. The number of fused-ring (bicyclic) bond motifs is 1. The van der Waals surface area contributed by atoms with Crippen LogP contribution in [0.4, 0.5) is 5.69 Å². The van der Waals surface area contributed by atoms with Crippen LogP contribution in [-0.2, 0) is 14.4 Å². The second kappa shape index (κ2) is 10.8. The fraction of sp³-hybridized carbons (Fsp3) is 0.609. The molecule has 1 aromatic carbocycles. The van der Waals surface area contributed by atoms with Crippen LogP contribution in [-0.4, -0.2) is 54.1 Å². The molecular formula is C23H33N3O3S. The molecule has 30 heavy (non-hydrogen) atoms. The zero-order valence-electron chi connectivity index (χ0n) is 18.1. The van der Waals surface area contributed by atoms with Crippen molar-refractivity contribution in [2.45, 2.75) is 63.3 Å². The monoisotopic (exact) mass is 431 g/mol. The summed E-state index contributed by atoms with van der Waals surface area (Å²) in [7, 11) is 0. The lowest BCUT2D eigenvalue weighted by Crippen LogP contribution is -2.48. The number of rotatable bonds is 7. The summed E-state index contributed by atoms with van der Waals surface area (Å²) in [6, 6.07) is 8.02. The molecule has 0 spiro atoms. The molecular weight excluding hydrogens is 398 g/mol. The van der Waals surface area contributed by atoms with Crippen molar-refractivity contribution in [3.8, 4) is 0 Å². The van der Waals surface area contributed by atoms with Gasteiger partial charge >= 0.3 is 0 Å². The molecule has 2 aliphatic rings. The normalized spacial score (nSPS) is 17.0. The van der Waals surface area contributed by atoms with Gasteiger partial charge in [0.15, 0.2) is 0 Å². The van der Waals surface area contributed by atoms with Gasteiger partial charge in [-0.05, 0) is 37.8 Å². The van der Waals surface area contributed by atoms with Gasteiger partial charge in [0.1, 0.15) is 0 Å². The largest absolute Gasteiger partial charge is 0.353 e. The Morgan fingerprint density at radius 2 is 1.77 bits per heavy atom. The molecule has 0 bridgehead atoms. The van der Waals surface area contributed by atoms with E-state index >= 15 is 0 Å². The van der Waals surface area contributed by atoms with Gasteiger partial charge in [0.2, 0.25) is 17.7 Å². The summed E-state index contributed by atoms with van der Waals surface area (Å²) in [5, 5.41) is 3.06. The molecule has 0 atom stereocenters. The molecule has 164 valence electrons. The Bertz CT molecular complexity index is 758. The zero-order valence-corrected chi connectivity index (χ0v) is 18.9. The minimum Gasteiger partial charge on any atom is -0.353 e. The van der Waals surface area contributed by atoms with E-state index in [1.807, 2.05) is 29.2 Å². The van der Waals surface area contributed by atoms with E-state index in [0.717, 1.165) is 42.0 Å². The van der Waals surface area contributed by atoms with Gasteiger partial charge in [0, 0.05) is 55.1 Å². The molecule has 1 saturated heterocycles. The minimum atomic E-state index is -0.0761. The molecule has 6 nitrogen and oxygen atoms in total. The second-order valence-electron chi connectivity index (χ2n) is 8.04. The maximum atomic E-state index is 12.7. The predicted molar refractivity (Wildman–Crippen MR) is 121 cm³/mol. The van der Waals surface area contributed by atoms with Gasteiger partial charge in [-0.2, -0.15) is 0 Å². The third kappa shape index (κ3) is 5.56. The fourth-order valence-electron chi connectivity index (χ4n) is 4.22. The lowest BCUT2D eigenvalue weighted by atomic mass is 9.98. The molecule has 3 amide bonds. The van der Waals surface area contributed by atoms with E-state index in [1.165, 1.54) is 0 Å². The van der Waals surface area contributed by atoms with Gasteiger partial charge in [-0.25, -0.2) is 0 Å². The lowest BCUT2D eigenvalue weighted by Gasteiger charge is -2.34. The highest BCUT2D eigenvalue weighted by atomic mass is 32.2. The summed E-state index contributed by atoms with van der Waals surface area (Å²) >= 11 is 1.76. The quantitative estimate of drug-likeness (QED) is 0.718. The zero-order chi connectivity index (χ0) is 21.5. The smallest absolute Gasteiger partial charge is 0.227 e. The number of thioether (sulfide) groups is 1. The van der Waals surface area contributed by atoms with Crippen molar-refractivity contribution in [3.05, 3.63) is 24.3 Å². The molecule has 2 heterocycles. The standard InChI is InChI=1S/C23H33N3O3S/c1-3-17(4-2)23(29)25-13-11-18(12-14-25)24-21(27)9-10-22(28)26-15-16-30-20-8-6-5-7-19(20)26/h5-8,17-18H,3-4,9-16H2,1-2H3,(H,24,27). The SMILES string of the molecule is CCC(CC)C(=O)N1CCC(NC(=O)CCC(=O)N2CCSc3ccccc32)CC1. The van der Waals surface area contributed by atoms with E-state index in [-0.39, 0.29) is 42.5 Å². The molecule has 3 rings (SSSR count). The number of amides is 3. The molecule has 0 unspecified atom stereocenters. The highest BCUT2D eigenvalue weighted by Gasteiger charge is 2.28. The number of hydrogen-bond acceptors (Lipinski definition) is 4. The summed E-state index contributed by atoms with van der Waals surface area (Å²) in [5.41, 5.74) is 0.952. The van der Waals surface area contributed by atoms with Crippen LogP contribution in [0.2, 0.25) is 0 Å². The number of likely N-dealkylation sites (tertiary alicyclic amines) is 1. The van der Waals surface area contributed by atoms with E-state index in [0.29, 0.717) is 19.6 Å². The summed E-state index contributed by atoms with van der Waals surface area (Å²) < 4.78 is 0. The van der Waals surface area contributed by atoms with E-state index in [1.54, 1.807) is 16.7 Å². The first-order valence-corrected chi connectivity index (χ1v) is 12.1. The number of piperidine rings is 1. The Balaban J connectivity index is 1.42. The Hall–Kier alpha value is -2.02.